The number of hydrogen-bond acceptors (Lipinski definition) is 4. The third-order valence-electron chi connectivity index (χ3n) is 1.83. The Hall–Kier alpha value is -2.10. The summed E-state index contributed by atoms with van der Waals surface area (Å²) in [5, 5.41) is 0. The van der Waals surface area contributed by atoms with E-state index in [1.807, 2.05) is 18.2 Å². The first-order valence-corrected chi connectivity index (χ1v) is 5.25. The van der Waals surface area contributed by atoms with Crippen molar-refractivity contribution in [3.8, 4) is 0 Å². The zero-order valence-corrected chi connectivity index (χ0v) is 9.80. The van der Waals surface area contributed by atoms with Crippen LogP contribution in [0, 0.1) is 0 Å². The summed E-state index contributed by atoms with van der Waals surface area (Å²) in [5.74, 6) is -1.31. The Morgan fingerprint density at radius 1 is 1.24 bits per heavy atom. The fourth-order valence-corrected chi connectivity index (χ4v) is 1.19. The normalized spacial score (nSPS) is 10.8. The van der Waals surface area contributed by atoms with Crippen LogP contribution in [-0.4, -0.2) is 18.5 Å². The topological polar surface area (TPSA) is 52.6 Å². The van der Waals surface area contributed by atoms with Gasteiger partial charge in [0.15, 0.2) is 0 Å². The third-order valence-corrected chi connectivity index (χ3v) is 1.83. The maximum Gasteiger partial charge on any atom is 0.374 e. The quantitative estimate of drug-likeness (QED) is 0.455. The van der Waals surface area contributed by atoms with Crippen LogP contribution in [0.3, 0.4) is 0 Å². The molecule has 1 aromatic carbocycles. The number of hydrogen-bond donors (Lipinski definition) is 0. The van der Waals surface area contributed by atoms with Gasteiger partial charge in [-0.1, -0.05) is 30.3 Å². The molecule has 1 rings (SSSR count). The van der Waals surface area contributed by atoms with Crippen molar-refractivity contribution in [1.29, 1.82) is 0 Å². The van der Waals surface area contributed by atoms with E-state index in [0.717, 1.165) is 5.56 Å². The molecule has 0 aliphatic rings. The first kappa shape index (κ1) is 13.0. The smallest absolute Gasteiger partial charge is 0.374 e. The van der Waals surface area contributed by atoms with E-state index in [1.54, 1.807) is 19.1 Å². The summed E-state index contributed by atoms with van der Waals surface area (Å²) in [5.41, 5.74) is 0.761. The molecule has 0 spiro atoms. The third kappa shape index (κ3) is 4.51. The summed E-state index contributed by atoms with van der Waals surface area (Å²) in [4.78, 5) is 22.4. The molecule has 4 heteroatoms. The minimum Gasteiger partial charge on any atom is -0.460 e. The molecule has 0 radical (unpaired) electrons. The Morgan fingerprint density at radius 2 is 1.88 bits per heavy atom. The zero-order valence-electron chi connectivity index (χ0n) is 9.80. The molecule has 1 aromatic rings. The summed E-state index contributed by atoms with van der Waals surface area (Å²) < 4.78 is 9.61. The van der Waals surface area contributed by atoms with Gasteiger partial charge in [0, 0.05) is 6.92 Å². The molecule has 0 amide bonds. The molecule has 0 bridgehead atoms. The van der Waals surface area contributed by atoms with Crippen LogP contribution in [0.25, 0.3) is 6.08 Å². The molecule has 0 heterocycles. The van der Waals surface area contributed by atoms with E-state index in [4.69, 9.17) is 9.47 Å². The summed E-state index contributed by atoms with van der Waals surface area (Å²) in [6.07, 6.45) is 1.47. The van der Waals surface area contributed by atoms with Crippen molar-refractivity contribution in [3.05, 3.63) is 41.7 Å². The molecule has 17 heavy (non-hydrogen) atoms. The van der Waals surface area contributed by atoms with E-state index in [1.165, 1.54) is 13.0 Å². The van der Waals surface area contributed by atoms with Crippen LogP contribution in [0.4, 0.5) is 0 Å². The predicted molar refractivity (Wildman–Crippen MR) is 62.8 cm³/mol. The lowest BCUT2D eigenvalue weighted by Crippen LogP contribution is -2.12. The SMILES string of the molecule is CCOC(=O)C(=Cc1ccccc1)OC(C)=O. The Bertz CT molecular complexity index is 420. The van der Waals surface area contributed by atoms with Gasteiger partial charge in [-0.05, 0) is 18.6 Å². The van der Waals surface area contributed by atoms with E-state index in [9.17, 15) is 9.59 Å². The van der Waals surface area contributed by atoms with E-state index in [0.29, 0.717) is 0 Å². The predicted octanol–water partition coefficient (Wildman–Crippen LogP) is 2.15. The van der Waals surface area contributed by atoms with E-state index in [-0.39, 0.29) is 12.4 Å². The Morgan fingerprint density at radius 3 is 2.41 bits per heavy atom. The fraction of sp³-hybridized carbons (Fsp3) is 0.231. The standard InChI is InChI=1S/C13H14O4/c1-3-16-13(15)12(17-10(2)14)9-11-7-5-4-6-8-11/h4-9H,3H2,1-2H3. The van der Waals surface area contributed by atoms with Crippen LogP contribution in [0.15, 0.2) is 36.1 Å². The molecule has 0 N–H and O–H groups in total. The second-order valence-electron chi connectivity index (χ2n) is 3.23. The summed E-state index contributed by atoms with van der Waals surface area (Å²) in [7, 11) is 0. The van der Waals surface area contributed by atoms with E-state index in [2.05, 4.69) is 0 Å². The van der Waals surface area contributed by atoms with Gasteiger partial charge < -0.3 is 9.47 Å². The van der Waals surface area contributed by atoms with Crippen LogP contribution in [0.5, 0.6) is 0 Å². The van der Waals surface area contributed by atoms with Crippen molar-refractivity contribution in [3.63, 3.8) is 0 Å². The lowest BCUT2D eigenvalue weighted by atomic mass is 10.2. The minimum atomic E-state index is -0.647. The Balaban J connectivity index is 2.93. The van der Waals surface area contributed by atoms with Gasteiger partial charge in [-0.2, -0.15) is 0 Å². The van der Waals surface area contributed by atoms with Crippen LogP contribution in [0.2, 0.25) is 0 Å². The van der Waals surface area contributed by atoms with Gasteiger partial charge in [0.2, 0.25) is 5.76 Å². The van der Waals surface area contributed by atoms with Gasteiger partial charge >= 0.3 is 11.9 Å². The van der Waals surface area contributed by atoms with Gasteiger partial charge in [-0.3, -0.25) is 4.79 Å². The van der Waals surface area contributed by atoms with Gasteiger partial charge in [-0.15, -0.1) is 0 Å². The van der Waals surface area contributed by atoms with E-state index < -0.39 is 11.9 Å². The molecule has 4 nitrogen and oxygen atoms in total. The van der Waals surface area contributed by atoms with Gasteiger partial charge in [0.25, 0.3) is 0 Å². The number of ether oxygens (including phenoxy) is 2. The molecule has 90 valence electrons. The average molecular weight is 234 g/mol. The van der Waals surface area contributed by atoms with Crippen molar-refractivity contribution in [2.45, 2.75) is 13.8 Å². The number of rotatable bonds is 4. The molecular formula is C13H14O4. The summed E-state index contributed by atoms with van der Waals surface area (Å²) in [6.45, 7) is 3.15. The molecule has 0 saturated heterocycles. The summed E-state index contributed by atoms with van der Waals surface area (Å²) >= 11 is 0. The van der Waals surface area contributed by atoms with Gasteiger partial charge in [0.1, 0.15) is 0 Å². The van der Waals surface area contributed by atoms with Crippen LogP contribution in [0.1, 0.15) is 19.4 Å². The number of benzene rings is 1. The average Bonchev–Trinajstić information content (AvgIpc) is 2.29. The highest BCUT2D eigenvalue weighted by molar-refractivity contribution is 5.93. The molecule has 0 unspecified atom stereocenters. The second kappa shape index (κ2) is 6.48. The number of carbonyl (C=O) groups excluding carboxylic acids is 2. The minimum absolute atomic E-state index is 0.106. The maximum atomic E-state index is 11.5. The van der Waals surface area contributed by atoms with Crippen molar-refractivity contribution < 1.29 is 19.1 Å². The zero-order chi connectivity index (χ0) is 12.7. The van der Waals surface area contributed by atoms with Crippen molar-refractivity contribution in [1.82, 2.24) is 0 Å². The van der Waals surface area contributed by atoms with Gasteiger partial charge in [-0.25, -0.2) is 4.79 Å². The number of esters is 2. The Labute approximate surface area is 99.8 Å². The first-order chi connectivity index (χ1) is 8.13. The largest absolute Gasteiger partial charge is 0.460 e. The first-order valence-electron chi connectivity index (χ1n) is 5.25. The van der Waals surface area contributed by atoms with Crippen LogP contribution >= 0.6 is 0 Å². The van der Waals surface area contributed by atoms with Crippen LogP contribution in [-0.2, 0) is 19.1 Å². The number of carbonyl (C=O) groups is 2. The lowest BCUT2D eigenvalue weighted by Gasteiger charge is -2.06. The van der Waals surface area contributed by atoms with E-state index >= 15 is 0 Å². The van der Waals surface area contributed by atoms with Crippen LogP contribution < -0.4 is 0 Å². The van der Waals surface area contributed by atoms with Crippen molar-refractivity contribution in [2.24, 2.45) is 0 Å². The molecule has 0 aliphatic heterocycles. The molecule has 0 aliphatic carbocycles. The second-order valence-corrected chi connectivity index (χ2v) is 3.23. The van der Waals surface area contributed by atoms with Crippen molar-refractivity contribution in [2.75, 3.05) is 6.61 Å². The lowest BCUT2D eigenvalue weighted by molar-refractivity contribution is -0.149. The summed E-state index contributed by atoms with van der Waals surface area (Å²) in [6, 6.07) is 9.09. The van der Waals surface area contributed by atoms with Gasteiger partial charge in [0.05, 0.1) is 6.61 Å². The maximum absolute atomic E-state index is 11.5. The molecule has 0 aromatic heterocycles. The highest BCUT2D eigenvalue weighted by Crippen LogP contribution is 2.09. The molecular weight excluding hydrogens is 220 g/mol. The monoisotopic (exact) mass is 234 g/mol. The highest BCUT2D eigenvalue weighted by atomic mass is 16.6. The Kier molecular flexibility index (Phi) is 4.94. The molecule has 0 fully saturated rings. The fourth-order valence-electron chi connectivity index (χ4n) is 1.19. The molecule has 0 atom stereocenters. The highest BCUT2D eigenvalue weighted by Gasteiger charge is 2.14. The van der Waals surface area contributed by atoms with Crippen molar-refractivity contribution >= 4 is 18.0 Å². The molecule has 0 saturated carbocycles.